The van der Waals surface area contributed by atoms with Gasteiger partial charge in [0.15, 0.2) is 0 Å². The van der Waals surface area contributed by atoms with Crippen LogP contribution in [0.15, 0.2) is 29.2 Å². The summed E-state index contributed by atoms with van der Waals surface area (Å²) in [5.74, 6) is 0.703. The highest BCUT2D eigenvalue weighted by Crippen LogP contribution is 2.32. The molecule has 2 heterocycles. The Morgan fingerprint density at radius 1 is 1.25 bits per heavy atom. The Balaban J connectivity index is 1.93. The van der Waals surface area contributed by atoms with Crippen LogP contribution in [0.4, 0.5) is 5.69 Å². The van der Waals surface area contributed by atoms with E-state index in [2.05, 4.69) is 16.9 Å². The van der Waals surface area contributed by atoms with E-state index >= 15 is 0 Å². The van der Waals surface area contributed by atoms with Crippen molar-refractivity contribution in [3.05, 3.63) is 49.8 Å². The monoisotopic (exact) mass is 385 g/mol. The molecule has 128 valence electrons. The van der Waals surface area contributed by atoms with Crippen LogP contribution in [-0.2, 0) is 0 Å². The van der Waals surface area contributed by atoms with Crippen LogP contribution < -0.4 is 10.5 Å². The van der Waals surface area contributed by atoms with Crippen LogP contribution in [0.1, 0.15) is 26.2 Å². The van der Waals surface area contributed by atoms with Gasteiger partial charge < -0.3 is 4.90 Å². The molecule has 0 aliphatic carbocycles. The molecule has 1 aromatic carbocycles. The highest BCUT2D eigenvalue weighted by Gasteiger charge is 2.21. The van der Waals surface area contributed by atoms with Crippen LogP contribution in [0.5, 0.6) is 0 Å². The zero-order chi connectivity index (χ0) is 17.3. The molecule has 1 aromatic heterocycles. The van der Waals surface area contributed by atoms with Crippen LogP contribution in [-0.4, -0.2) is 22.9 Å². The molecule has 1 unspecified atom stereocenters. The molecule has 0 N–H and O–H groups in total. The van der Waals surface area contributed by atoms with Gasteiger partial charge in [0, 0.05) is 13.1 Å². The Morgan fingerprint density at radius 2 is 2.04 bits per heavy atom. The second kappa shape index (κ2) is 7.34. The summed E-state index contributed by atoms with van der Waals surface area (Å²) in [7, 11) is 0. The summed E-state index contributed by atoms with van der Waals surface area (Å²) in [5, 5.41) is 4.72. The van der Waals surface area contributed by atoms with Gasteiger partial charge >= 0.3 is 0 Å². The Hall–Kier alpha value is -1.23. The van der Waals surface area contributed by atoms with E-state index in [0.717, 1.165) is 18.8 Å². The molecular formula is C17H18Cl3N3O. The molecule has 3 rings (SSSR count). The lowest BCUT2D eigenvalue weighted by atomic mass is 9.95. The van der Waals surface area contributed by atoms with E-state index in [1.165, 1.54) is 30.1 Å². The third-order valence-corrected chi connectivity index (χ3v) is 5.54. The number of piperidine rings is 1. The van der Waals surface area contributed by atoms with Crippen molar-refractivity contribution in [1.82, 2.24) is 9.78 Å². The number of aromatic nitrogens is 2. The van der Waals surface area contributed by atoms with Crippen molar-refractivity contribution < 1.29 is 0 Å². The standard InChI is InChI=1S/C17H18Cl3N3O/c1-2-11-4-3-7-22(10-11)15-6-5-12(8-13(15)18)23-17(24)16(20)14(19)9-21-23/h5-6,8-9,11H,2-4,7,10H2,1H3. The zero-order valence-electron chi connectivity index (χ0n) is 13.3. The van der Waals surface area contributed by atoms with E-state index < -0.39 is 5.56 Å². The van der Waals surface area contributed by atoms with Gasteiger partial charge in [-0.2, -0.15) is 9.78 Å². The van der Waals surface area contributed by atoms with E-state index in [-0.39, 0.29) is 10.0 Å². The third-order valence-electron chi connectivity index (χ3n) is 4.49. The van der Waals surface area contributed by atoms with Crippen molar-refractivity contribution in [1.29, 1.82) is 0 Å². The van der Waals surface area contributed by atoms with Gasteiger partial charge in [-0.15, -0.1) is 0 Å². The molecule has 0 spiro atoms. The topological polar surface area (TPSA) is 38.1 Å². The minimum absolute atomic E-state index is 0.0475. The molecule has 7 heteroatoms. The van der Waals surface area contributed by atoms with Crippen molar-refractivity contribution in [2.75, 3.05) is 18.0 Å². The number of nitrogens with zero attached hydrogens (tertiary/aromatic N) is 3. The van der Waals surface area contributed by atoms with Crippen molar-refractivity contribution in [3.8, 4) is 5.69 Å². The smallest absolute Gasteiger partial charge is 0.291 e. The predicted octanol–water partition coefficient (Wildman–Crippen LogP) is 4.82. The van der Waals surface area contributed by atoms with Gasteiger partial charge in [-0.25, -0.2) is 0 Å². The Labute approximate surface area is 155 Å². The van der Waals surface area contributed by atoms with E-state index in [4.69, 9.17) is 34.8 Å². The second-order valence-electron chi connectivity index (χ2n) is 6.02. The first kappa shape index (κ1) is 17.6. The molecule has 2 aromatic rings. The number of anilines is 1. The normalized spacial score (nSPS) is 18.0. The maximum absolute atomic E-state index is 12.2. The third kappa shape index (κ3) is 3.41. The first-order valence-corrected chi connectivity index (χ1v) is 9.12. The fourth-order valence-corrected chi connectivity index (χ4v) is 3.65. The largest absolute Gasteiger partial charge is 0.370 e. The van der Waals surface area contributed by atoms with Crippen LogP contribution in [0.25, 0.3) is 5.69 Å². The minimum Gasteiger partial charge on any atom is -0.370 e. The lowest BCUT2D eigenvalue weighted by Gasteiger charge is -2.34. The van der Waals surface area contributed by atoms with Gasteiger partial charge in [0.1, 0.15) is 5.02 Å². The maximum Gasteiger partial charge on any atom is 0.291 e. The van der Waals surface area contributed by atoms with E-state index in [1.807, 2.05) is 12.1 Å². The molecule has 24 heavy (non-hydrogen) atoms. The molecule has 0 saturated carbocycles. The average Bonchev–Trinajstić information content (AvgIpc) is 2.60. The van der Waals surface area contributed by atoms with Crippen LogP contribution in [0.2, 0.25) is 15.1 Å². The summed E-state index contributed by atoms with van der Waals surface area (Å²) in [4.78, 5) is 14.5. The first-order valence-electron chi connectivity index (χ1n) is 7.99. The van der Waals surface area contributed by atoms with Crippen LogP contribution >= 0.6 is 34.8 Å². The van der Waals surface area contributed by atoms with Crippen molar-refractivity contribution in [3.63, 3.8) is 0 Å². The molecule has 1 aliphatic heterocycles. The number of halogens is 3. The Morgan fingerprint density at radius 3 is 2.75 bits per heavy atom. The SMILES string of the molecule is CCC1CCCN(c2ccc(-n3ncc(Cl)c(Cl)c3=O)cc2Cl)C1. The second-order valence-corrected chi connectivity index (χ2v) is 7.21. The van der Waals surface area contributed by atoms with Crippen molar-refractivity contribution >= 4 is 40.5 Å². The summed E-state index contributed by atoms with van der Waals surface area (Å²) in [6.07, 6.45) is 4.97. The van der Waals surface area contributed by atoms with E-state index in [0.29, 0.717) is 16.6 Å². The first-order chi connectivity index (χ1) is 11.5. The highest BCUT2D eigenvalue weighted by atomic mass is 35.5. The molecule has 1 aliphatic rings. The molecule has 0 amide bonds. The number of hydrogen-bond donors (Lipinski definition) is 0. The van der Waals surface area contributed by atoms with Gasteiger partial charge in [0.25, 0.3) is 5.56 Å². The highest BCUT2D eigenvalue weighted by molar-refractivity contribution is 6.41. The Bertz CT molecular complexity index is 806. The van der Waals surface area contributed by atoms with E-state index in [1.54, 1.807) is 6.07 Å². The summed E-state index contributed by atoms with van der Waals surface area (Å²) in [6, 6.07) is 5.51. The number of hydrogen-bond acceptors (Lipinski definition) is 3. The summed E-state index contributed by atoms with van der Waals surface area (Å²) >= 11 is 18.2. The van der Waals surface area contributed by atoms with Crippen molar-refractivity contribution in [2.24, 2.45) is 5.92 Å². The maximum atomic E-state index is 12.2. The molecule has 1 saturated heterocycles. The lowest BCUT2D eigenvalue weighted by molar-refractivity contribution is 0.405. The number of benzene rings is 1. The Kier molecular flexibility index (Phi) is 5.38. The average molecular weight is 387 g/mol. The van der Waals surface area contributed by atoms with E-state index in [9.17, 15) is 4.79 Å². The van der Waals surface area contributed by atoms with Gasteiger partial charge in [0.05, 0.1) is 27.6 Å². The predicted molar refractivity (Wildman–Crippen MR) is 100 cm³/mol. The molecule has 0 bridgehead atoms. The summed E-state index contributed by atoms with van der Waals surface area (Å²) < 4.78 is 1.20. The van der Waals surface area contributed by atoms with Crippen LogP contribution in [0, 0.1) is 5.92 Å². The van der Waals surface area contributed by atoms with Crippen LogP contribution in [0.3, 0.4) is 0 Å². The fourth-order valence-electron chi connectivity index (χ4n) is 3.10. The molecule has 0 radical (unpaired) electrons. The van der Waals surface area contributed by atoms with Gasteiger partial charge in [-0.3, -0.25) is 4.79 Å². The molecule has 1 atom stereocenters. The lowest BCUT2D eigenvalue weighted by Crippen LogP contribution is -2.35. The molecular weight excluding hydrogens is 369 g/mol. The molecule has 1 fully saturated rings. The van der Waals surface area contributed by atoms with Gasteiger partial charge in [-0.1, -0.05) is 48.1 Å². The van der Waals surface area contributed by atoms with Gasteiger partial charge in [-0.05, 0) is 37.0 Å². The quantitative estimate of drug-likeness (QED) is 0.759. The minimum atomic E-state index is -0.461. The number of rotatable bonds is 3. The summed E-state index contributed by atoms with van der Waals surface area (Å²) in [6.45, 7) is 4.24. The summed E-state index contributed by atoms with van der Waals surface area (Å²) in [5.41, 5.74) is 1.10. The van der Waals surface area contributed by atoms with Crippen molar-refractivity contribution in [2.45, 2.75) is 26.2 Å². The fraction of sp³-hybridized carbons (Fsp3) is 0.412. The molecule has 4 nitrogen and oxygen atoms in total. The van der Waals surface area contributed by atoms with Gasteiger partial charge in [0.2, 0.25) is 0 Å². The zero-order valence-corrected chi connectivity index (χ0v) is 15.6.